The van der Waals surface area contributed by atoms with E-state index in [-0.39, 0.29) is 29.3 Å². The van der Waals surface area contributed by atoms with Crippen molar-refractivity contribution in [2.24, 2.45) is 7.05 Å². The number of rotatable bonds is 1. The molecule has 0 unspecified atom stereocenters. The van der Waals surface area contributed by atoms with Gasteiger partial charge in [-0.1, -0.05) is 24.3 Å². The zero-order valence-corrected chi connectivity index (χ0v) is 16.3. The number of fused-ring (bicyclic) bond motifs is 1. The number of nitrogens with zero attached hydrogens (tertiary/aromatic N) is 3. The highest BCUT2D eigenvalue weighted by Crippen LogP contribution is 2.54. The first-order valence-electron chi connectivity index (χ1n) is 9.48. The Balaban J connectivity index is 1.69. The Hall–Kier alpha value is -2.06. The maximum atomic E-state index is 12.9. The van der Waals surface area contributed by atoms with Gasteiger partial charge in [-0.3, -0.25) is 0 Å². The van der Waals surface area contributed by atoms with Gasteiger partial charge in [-0.25, -0.2) is 23.5 Å². The van der Waals surface area contributed by atoms with Gasteiger partial charge in [0, 0.05) is 12.9 Å². The van der Waals surface area contributed by atoms with Gasteiger partial charge in [0.1, 0.15) is 0 Å². The summed E-state index contributed by atoms with van der Waals surface area (Å²) in [4.78, 5) is 25.6. The highest BCUT2D eigenvalue weighted by atomic mass is 16.7. The fourth-order valence-corrected chi connectivity index (χ4v) is 4.81. The average molecular weight is 369 g/mol. The Morgan fingerprint density at radius 2 is 1.52 bits per heavy atom. The molecule has 0 N–H and O–H groups in total. The Labute approximate surface area is 157 Å². The maximum Gasteiger partial charge on any atom is 0.463 e. The fraction of sp³-hybridized carbons (Fsp3) is 0.579. The third kappa shape index (κ3) is 2.00. The standard InChI is InChI=1S/C19H24BN3O4/c1-18(2)19(3,4)27-20(26-18)13-10-14-11-8-6-7-9-12(11)15(13)23-17(25)21(5)16(24)22(14)23/h6-9,13-15H,10H2,1-5H3/t13-,14-,15-/m0/s1. The van der Waals surface area contributed by atoms with Crippen LogP contribution >= 0.6 is 0 Å². The lowest BCUT2D eigenvalue weighted by atomic mass is 9.58. The summed E-state index contributed by atoms with van der Waals surface area (Å²) in [7, 11) is 1.11. The summed E-state index contributed by atoms with van der Waals surface area (Å²) in [5.41, 5.74) is 0.774. The molecule has 1 fully saturated rings. The lowest BCUT2D eigenvalue weighted by molar-refractivity contribution is 0.00578. The molecule has 3 aliphatic heterocycles. The van der Waals surface area contributed by atoms with Gasteiger partial charge in [-0.2, -0.15) is 0 Å². The van der Waals surface area contributed by atoms with Crippen LogP contribution in [-0.2, 0) is 16.4 Å². The van der Waals surface area contributed by atoms with Crippen molar-refractivity contribution in [3.8, 4) is 0 Å². The minimum absolute atomic E-state index is 0.0366. The second kappa shape index (κ2) is 5.05. The highest BCUT2D eigenvalue weighted by Gasteiger charge is 2.59. The van der Waals surface area contributed by atoms with Gasteiger partial charge in [0.05, 0.1) is 23.3 Å². The maximum absolute atomic E-state index is 12.9. The van der Waals surface area contributed by atoms with Crippen LogP contribution in [0.15, 0.2) is 33.9 Å². The molecule has 1 aliphatic carbocycles. The van der Waals surface area contributed by atoms with Gasteiger partial charge in [0.2, 0.25) is 0 Å². The third-order valence-electron chi connectivity index (χ3n) is 6.95. The first-order chi connectivity index (χ1) is 12.6. The van der Waals surface area contributed by atoms with Crippen molar-refractivity contribution >= 4 is 7.12 Å². The summed E-state index contributed by atoms with van der Waals surface area (Å²) in [5, 5.41) is 0. The predicted molar refractivity (Wildman–Crippen MR) is 101 cm³/mol. The molecule has 0 radical (unpaired) electrons. The van der Waals surface area contributed by atoms with Crippen molar-refractivity contribution in [1.82, 2.24) is 13.9 Å². The number of aromatic nitrogens is 3. The summed E-state index contributed by atoms with van der Waals surface area (Å²) in [6.45, 7) is 8.14. The quantitative estimate of drug-likeness (QED) is 0.718. The topological polar surface area (TPSA) is 67.4 Å². The molecule has 2 aromatic rings. The van der Waals surface area contributed by atoms with Crippen LogP contribution in [0, 0.1) is 0 Å². The van der Waals surface area contributed by atoms with Gasteiger partial charge < -0.3 is 9.31 Å². The van der Waals surface area contributed by atoms with E-state index in [0.29, 0.717) is 6.42 Å². The molecule has 1 aromatic carbocycles. The average Bonchev–Trinajstić information content (AvgIpc) is 2.99. The molecular weight excluding hydrogens is 345 g/mol. The molecule has 0 saturated carbocycles. The molecule has 6 rings (SSSR count). The number of hydrogen-bond acceptors (Lipinski definition) is 4. The smallest absolute Gasteiger partial charge is 0.403 e. The molecule has 142 valence electrons. The molecule has 2 bridgehead atoms. The van der Waals surface area contributed by atoms with Gasteiger partial charge >= 0.3 is 18.5 Å². The minimum atomic E-state index is -0.435. The molecule has 1 aromatic heterocycles. The van der Waals surface area contributed by atoms with Crippen molar-refractivity contribution < 1.29 is 9.31 Å². The summed E-state index contributed by atoms with van der Waals surface area (Å²) in [6, 6.07) is 7.62. The van der Waals surface area contributed by atoms with Crippen molar-refractivity contribution in [2.75, 3.05) is 0 Å². The molecule has 4 heterocycles. The molecule has 0 amide bonds. The summed E-state index contributed by atoms with van der Waals surface area (Å²) >= 11 is 0. The molecule has 4 aliphatic rings. The van der Waals surface area contributed by atoms with Crippen molar-refractivity contribution in [3.05, 3.63) is 56.4 Å². The second-order valence-electron chi connectivity index (χ2n) is 8.93. The fourth-order valence-electron chi connectivity index (χ4n) is 4.81. The van der Waals surface area contributed by atoms with Crippen molar-refractivity contribution in [2.45, 2.75) is 63.2 Å². The summed E-state index contributed by atoms with van der Waals surface area (Å²) in [6.07, 6.45) is 0.710. The van der Waals surface area contributed by atoms with Gasteiger partial charge in [-0.15, -0.1) is 0 Å². The van der Waals surface area contributed by atoms with Crippen LogP contribution in [0.1, 0.15) is 57.3 Å². The van der Waals surface area contributed by atoms with Crippen LogP contribution in [0.4, 0.5) is 0 Å². The molecule has 27 heavy (non-hydrogen) atoms. The number of benzene rings is 1. The van der Waals surface area contributed by atoms with E-state index in [2.05, 4.69) is 12.1 Å². The van der Waals surface area contributed by atoms with Crippen LogP contribution in [0.3, 0.4) is 0 Å². The Morgan fingerprint density at radius 3 is 2.15 bits per heavy atom. The highest BCUT2D eigenvalue weighted by molar-refractivity contribution is 6.47. The number of hydrogen-bond donors (Lipinski definition) is 0. The van der Waals surface area contributed by atoms with Crippen LogP contribution in [-0.4, -0.2) is 32.3 Å². The second-order valence-corrected chi connectivity index (χ2v) is 8.93. The molecule has 0 spiro atoms. The zero-order valence-electron chi connectivity index (χ0n) is 16.3. The van der Waals surface area contributed by atoms with E-state index in [9.17, 15) is 9.59 Å². The summed E-state index contributed by atoms with van der Waals surface area (Å²) in [5.74, 6) is -0.0366. The monoisotopic (exact) mass is 369 g/mol. The minimum Gasteiger partial charge on any atom is -0.403 e. The van der Waals surface area contributed by atoms with E-state index in [0.717, 1.165) is 11.1 Å². The Bertz CT molecular complexity index is 1050. The van der Waals surface area contributed by atoms with E-state index in [1.807, 2.05) is 39.8 Å². The van der Waals surface area contributed by atoms with E-state index in [4.69, 9.17) is 9.31 Å². The van der Waals surface area contributed by atoms with E-state index in [1.165, 1.54) is 11.6 Å². The predicted octanol–water partition coefficient (Wildman–Crippen LogP) is 1.71. The van der Waals surface area contributed by atoms with Crippen LogP contribution in [0.5, 0.6) is 0 Å². The van der Waals surface area contributed by atoms with Gasteiger partial charge in [-0.05, 0) is 45.2 Å². The SMILES string of the molecule is Cn1c(=O)n2n(c1=O)[C@H]1c3ccccc3[C@@H]2C[C@@H]1B1OC(C)(C)C(C)(C)O1. The zero-order chi connectivity index (χ0) is 19.3. The van der Waals surface area contributed by atoms with Crippen LogP contribution < -0.4 is 11.4 Å². The Morgan fingerprint density at radius 1 is 0.963 bits per heavy atom. The summed E-state index contributed by atoms with van der Waals surface area (Å²) < 4.78 is 17.1. The molecular formula is C19H24BN3O4. The first-order valence-corrected chi connectivity index (χ1v) is 9.48. The lowest BCUT2D eigenvalue weighted by Gasteiger charge is -2.45. The molecule has 8 heteroatoms. The van der Waals surface area contributed by atoms with E-state index < -0.39 is 18.3 Å². The van der Waals surface area contributed by atoms with E-state index in [1.54, 1.807) is 9.36 Å². The molecule has 1 saturated heterocycles. The Kier molecular flexibility index (Phi) is 3.20. The van der Waals surface area contributed by atoms with Crippen molar-refractivity contribution in [1.29, 1.82) is 0 Å². The van der Waals surface area contributed by atoms with E-state index >= 15 is 0 Å². The molecule has 3 atom stereocenters. The molecule has 7 nitrogen and oxygen atoms in total. The lowest BCUT2D eigenvalue weighted by Crippen LogP contribution is -2.49. The normalized spacial score (nSPS) is 29.7. The van der Waals surface area contributed by atoms with Crippen LogP contribution in [0.2, 0.25) is 5.82 Å². The largest absolute Gasteiger partial charge is 0.463 e. The van der Waals surface area contributed by atoms with Gasteiger partial charge in [0.25, 0.3) is 0 Å². The van der Waals surface area contributed by atoms with Crippen LogP contribution in [0.25, 0.3) is 0 Å². The van der Waals surface area contributed by atoms with Crippen molar-refractivity contribution in [3.63, 3.8) is 0 Å². The first kappa shape index (κ1) is 17.1. The third-order valence-corrected chi connectivity index (χ3v) is 6.95. The van der Waals surface area contributed by atoms with Gasteiger partial charge in [0.15, 0.2) is 0 Å².